The molecule has 0 saturated heterocycles. The number of benzene rings is 1. The van der Waals surface area contributed by atoms with Crippen molar-refractivity contribution < 1.29 is 13.5 Å². The van der Waals surface area contributed by atoms with Gasteiger partial charge in [0.25, 0.3) is 0 Å². The fraction of sp³-hybridized carbons (Fsp3) is 0.333. The molecule has 0 fully saturated rings. The molecule has 1 aromatic carbocycles. The van der Waals surface area contributed by atoms with Gasteiger partial charge in [-0.25, -0.2) is 0 Å². The van der Waals surface area contributed by atoms with Gasteiger partial charge in [-0.2, -0.15) is 8.78 Å². The van der Waals surface area contributed by atoms with Crippen molar-refractivity contribution in [2.75, 3.05) is 0 Å². The van der Waals surface area contributed by atoms with Crippen molar-refractivity contribution in [3.8, 4) is 5.75 Å². The van der Waals surface area contributed by atoms with Crippen LogP contribution >= 0.6 is 0 Å². The van der Waals surface area contributed by atoms with Crippen molar-refractivity contribution in [3.05, 3.63) is 40.3 Å². The molecular weight excluding hydrogens is 204 g/mol. The topological polar surface area (TPSA) is 58.0 Å². The summed E-state index contributed by atoms with van der Waals surface area (Å²) >= 11 is 0. The lowest BCUT2D eigenvalue weighted by atomic mass is 10.1. The van der Waals surface area contributed by atoms with Gasteiger partial charge in [-0.1, -0.05) is 30.2 Å². The number of alkyl halides is 2. The highest BCUT2D eigenvalue weighted by Gasteiger charge is 2.12. The summed E-state index contributed by atoms with van der Waals surface area (Å²) in [5.41, 5.74) is 8.68. The van der Waals surface area contributed by atoms with E-state index in [1.54, 1.807) is 25.1 Å². The Morgan fingerprint density at radius 3 is 2.67 bits per heavy atom. The molecule has 15 heavy (non-hydrogen) atoms. The van der Waals surface area contributed by atoms with E-state index in [1.807, 2.05) is 0 Å². The van der Waals surface area contributed by atoms with Crippen LogP contribution in [0.2, 0.25) is 0 Å². The summed E-state index contributed by atoms with van der Waals surface area (Å²) < 4.78 is 28.3. The number of ether oxygens (including phenoxy) is 1. The third-order valence-electron chi connectivity index (χ3n) is 1.81. The average Bonchev–Trinajstić information content (AvgIpc) is 2.18. The largest absolute Gasteiger partial charge is 0.435 e. The molecule has 0 bridgehead atoms. The maximum Gasteiger partial charge on any atom is 0.387 e. The molecule has 0 aliphatic rings. The molecule has 1 aromatic rings. The summed E-state index contributed by atoms with van der Waals surface area (Å²) in [7, 11) is 0. The molecule has 0 spiro atoms. The zero-order chi connectivity index (χ0) is 11.3. The zero-order valence-corrected chi connectivity index (χ0v) is 7.97. The van der Waals surface area contributed by atoms with Gasteiger partial charge in [-0.3, -0.25) is 0 Å². The lowest BCUT2D eigenvalue weighted by molar-refractivity contribution is -0.0505. The molecule has 0 aliphatic heterocycles. The molecule has 1 rings (SSSR count). The second-order valence-corrected chi connectivity index (χ2v) is 2.80. The Morgan fingerprint density at radius 1 is 1.40 bits per heavy atom. The lowest BCUT2D eigenvalue weighted by Crippen LogP contribution is -2.05. The van der Waals surface area contributed by atoms with Gasteiger partial charge in [-0.05, 0) is 11.6 Å². The summed E-state index contributed by atoms with van der Waals surface area (Å²) in [5.74, 6) is 0.0346. The third kappa shape index (κ3) is 3.11. The first-order valence-electron chi connectivity index (χ1n) is 4.23. The Bertz CT molecular complexity index is 377. The maximum atomic E-state index is 12.0. The van der Waals surface area contributed by atoms with Crippen molar-refractivity contribution in [3.63, 3.8) is 0 Å². The normalized spacial score (nSPS) is 12.0. The Balaban J connectivity index is 3.00. The predicted molar refractivity (Wildman–Crippen MR) is 50.6 cm³/mol. The summed E-state index contributed by atoms with van der Waals surface area (Å²) in [6.07, 6.45) is 0. The van der Waals surface area contributed by atoms with E-state index in [4.69, 9.17) is 5.53 Å². The van der Waals surface area contributed by atoms with Crippen LogP contribution in [0.3, 0.4) is 0 Å². The second kappa shape index (κ2) is 5.17. The standard InChI is InChI=1S/C9H9F2N3O/c1-6(13-14-12)7-4-2-3-5-8(7)15-9(10)11/h2-6,9H,1H3/t6-/m0/s1. The number of rotatable bonds is 4. The van der Waals surface area contributed by atoms with Gasteiger partial charge in [0.2, 0.25) is 0 Å². The van der Waals surface area contributed by atoms with Crippen LogP contribution in [0.1, 0.15) is 18.5 Å². The molecule has 0 heterocycles. The van der Waals surface area contributed by atoms with Crippen molar-refractivity contribution in [1.82, 2.24) is 0 Å². The van der Waals surface area contributed by atoms with E-state index in [-0.39, 0.29) is 5.75 Å². The second-order valence-electron chi connectivity index (χ2n) is 2.80. The molecular formula is C9H9F2N3O. The average molecular weight is 213 g/mol. The highest BCUT2D eigenvalue weighted by Crippen LogP contribution is 2.28. The van der Waals surface area contributed by atoms with E-state index in [0.29, 0.717) is 5.56 Å². The molecule has 0 saturated carbocycles. The summed E-state index contributed by atoms with van der Waals surface area (Å²) in [4.78, 5) is 2.61. The minimum atomic E-state index is -2.88. The first kappa shape index (κ1) is 11.3. The number of nitrogens with zero attached hydrogens (tertiary/aromatic N) is 3. The molecule has 4 nitrogen and oxygen atoms in total. The van der Waals surface area contributed by atoms with E-state index >= 15 is 0 Å². The van der Waals surface area contributed by atoms with Crippen LogP contribution in [0.25, 0.3) is 10.4 Å². The first-order chi connectivity index (χ1) is 7.15. The van der Waals surface area contributed by atoms with Crippen LogP contribution < -0.4 is 4.74 Å². The fourth-order valence-corrected chi connectivity index (χ4v) is 1.17. The van der Waals surface area contributed by atoms with Gasteiger partial charge in [0.15, 0.2) is 0 Å². The first-order valence-corrected chi connectivity index (χ1v) is 4.23. The summed E-state index contributed by atoms with van der Waals surface area (Å²) in [6, 6.07) is 5.69. The third-order valence-corrected chi connectivity index (χ3v) is 1.81. The van der Waals surface area contributed by atoms with E-state index in [9.17, 15) is 8.78 Å². The Hall–Kier alpha value is -1.81. The molecule has 80 valence electrons. The quantitative estimate of drug-likeness (QED) is 0.427. The van der Waals surface area contributed by atoms with E-state index in [2.05, 4.69) is 14.8 Å². The van der Waals surface area contributed by atoms with Gasteiger partial charge in [0.1, 0.15) is 5.75 Å². The molecule has 0 radical (unpaired) electrons. The SMILES string of the molecule is C[C@H](N=[N+]=[N-])c1ccccc1OC(F)F. The van der Waals surface area contributed by atoms with Crippen molar-refractivity contribution in [2.45, 2.75) is 19.6 Å². The molecule has 0 aromatic heterocycles. The highest BCUT2D eigenvalue weighted by molar-refractivity contribution is 5.35. The fourth-order valence-electron chi connectivity index (χ4n) is 1.17. The lowest BCUT2D eigenvalue weighted by Gasteiger charge is -2.12. The monoisotopic (exact) mass is 213 g/mol. The molecule has 0 amide bonds. The van der Waals surface area contributed by atoms with Crippen molar-refractivity contribution in [2.24, 2.45) is 5.11 Å². The molecule has 1 atom stereocenters. The predicted octanol–water partition coefficient (Wildman–Crippen LogP) is 3.66. The van der Waals surface area contributed by atoms with Crippen LogP contribution in [0.5, 0.6) is 5.75 Å². The van der Waals surface area contributed by atoms with Crippen LogP contribution in [0, 0.1) is 0 Å². The van der Waals surface area contributed by atoms with Gasteiger partial charge < -0.3 is 4.74 Å². The number of hydrogen-bond donors (Lipinski definition) is 0. The van der Waals surface area contributed by atoms with Gasteiger partial charge in [0, 0.05) is 10.5 Å². The molecule has 0 unspecified atom stereocenters. The van der Waals surface area contributed by atoms with Crippen LogP contribution in [-0.4, -0.2) is 6.61 Å². The molecule has 0 aliphatic carbocycles. The summed E-state index contributed by atoms with van der Waals surface area (Å²) in [6.45, 7) is -1.28. The molecule has 6 heteroatoms. The van der Waals surface area contributed by atoms with E-state index in [0.717, 1.165) is 0 Å². The van der Waals surface area contributed by atoms with Gasteiger partial charge in [0.05, 0.1) is 6.04 Å². The number of para-hydroxylation sites is 1. The van der Waals surface area contributed by atoms with Gasteiger partial charge in [-0.15, -0.1) is 0 Å². The van der Waals surface area contributed by atoms with Gasteiger partial charge >= 0.3 is 6.61 Å². The van der Waals surface area contributed by atoms with Crippen LogP contribution in [-0.2, 0) is 0 Å². The Kier molecular flexibility index (Phi) is 3.88. The number of azide groups is 1. The minimum Gasteiger partial charge on any atom is -0.435 e. The Morgan fingerprint density at radius 2 is 2.07 bits per heavy atom. The number of hydrogen-bond acceptors (Lipinski definition) is 2. The van der Waals surface area contributed by atoms with E-state index in [1.165, 1.54) is 6.07 Å². The van der Waals surface area contributed by atoms with Crippen molar-refractivity contribution in [1.29, 1.82) is 0 Å². The smallest absolute Gasteiger partial charge is 0.387 e. The summed E-state index contributed by atoms with van der Waals surface area (Å²) in [5, 5.41) is 3.42. The Labute approximate surface area is 85.1 Å². The van der Waals surface area contributed by atoms with Crippen LogP contribution in [0.4, 0.5) is 8.78 Å². The van der Waals surface area contributed by atoms with Crippen molar-refractivity contribution >= 4 is 0 Å². The van der Waals surface area contributed by atoms with Crippen LogP contribution in [0.15, 0.2) is 29.4 Å². The maximum absolute atomic E-state index is 12.0. The molecule has 0 N–H and O–H groups in total. The minimum absolute atomic E-state index is 0.0346. The number of halogens is 2. The highest BCUT2D eigenvalue weighted by atomic mass is 19.3. The zero-order valence-electron chi connectivity index (χ0n) is 7.97. The van der Waals surface area contributed by atoms with E-state index < -0.39 is 12.7 Å².